The van der Waals surface area contributed by atoms with Gasteiger partial charge in [0.1, 0.15) is 0 Å². The highest BCUT2D eigenvalue weighted by Crippen LogP contribution is 2.14. The van der Waals surface area contributed by atoms with Gasteiger partial charge in [-0.25, -0.2) is 9.67 Å². The zero-order chi connectivity index (χ0) is 11.4. The zero-order valence-corrected chi connectivity index (χ0v) is 10.6. The van der Waals surface area contributed by atoms with Crippen LogP contribution in [0.25, 0.3) is 5.82 Å². The first-order chi connectivity index (χ1) is 7.81. The Bertz CT molecular complexity index is 467. The molecule has 0 aliphatic rings. The molecule has 0 unspecified atom stereocenters. The molecule has 0 spiro atoms. The molecule has 0 radical (unpaired) electrons. The van der Waals surface area contributed by atoms with Gasteiger partial charge in [0.2, 0.25) is 0 Å². The predicted molar refractivity (Wildman–Crippen MR) is 66.4 cm³/mol. The molecule has 16 heavy (non-hydrogen) atoms. The number of halogens is 1. The minimum atomic E-state index is 0.803. The molecular weight excluding hydrogens is 268 g/mol. The van der Waals surface area contributed by atoms with Crippen molar-refractivity contribution < 1.29 is 0 Å². The largest absolute Gasteiger partial charge is 0.313 e. The van der Waals surface area contributed by atoms with Crippen molar-refractivity contribution in [2.45, 2.75) is 13.5 Å². The molecule has 0 aliphatic carbocycles. The standard InChI is InChI=1S/C11H13BrN4/c1-2-13-6-9-4-3-5-14-11(9)16-8-10(12)7-15-16/h3-5,7-8,13H,2,6H2,1H3. The quantitative estimate of drug-likeness (QED) is 0.933. The summed E-state index contributed by atoms with van der Waals surface area (Å²) >= 11 is 3.38. The molecule has 2 aromatic heterocycles. The van der Waals surface area contributed by atoms with Crippen LogP contribution < -0.4 is 5.32 Å². The Kier molecular flexibility index (Phi) is 3.69. The van der Waals surface area contributed by atoms with Crippen molar-refractivity contribution in [3.8, 4) is 5.82 Å². The first-order valence-electron chi connectivity index (χ1n) is 5.16. The number of aromatic nitrogens is 3. The molecule has 84 valence electrons. The lowest BCUT2D eigenvalue weighted by Gasteiger charge is -2.08. The summed E-state index contributed by atoms with van der Waals surface area (Å²) in [7, 11) is 0. The average Bonchev–Trinajstić information content (AvgIpc) is 2.73. The Morgan fingerprint density at radius 2 is 2.38 bits per heavy atom. The van der Waals surface area contributed by atoms with E-state index in [0.29, 0.717) is 0 Å². The lowest BCUT2D eigenvalue weighted by molar-refractivity contribution is 0.710. The summed E-state index contributed by atoms with van der Waals surface area (Å²) in [4.78, 5) is 4.35. The van der Waals surface area contributed by atoms with Gasteiger partial charge in [-0.1, -0.05) is 13.0 Å². The van der Waals surface area contributed by atoms with Crippen molar-refractivity contribution in [1.29, 1.82) is 0 Å². The molecule has 0 atom stereocenters. The van der Waals surface area contributed by atoms with Crippen LogP contribution in [0.15, 0.2) is 35.2 Å². The minimum absolute atomic E-state index is 0.803. The second kappa shape index (κ2) is 5.23. The van der Waals surface area contributed by atoms with E-state index in [9.17, 15) is 0 Å². The van der Waals surface area contributed by atoms with Gasteiger partial charge in [0.15, 0.2) is 5.82 Å². The van der Waals surface area contributed by atoms with Crippen molar-refractivity contribution in [2.24, 2.45) is 0 Å². The normalized spacial score (nSPS) is 10.6. The maximum absolute atomic E-state index is 4.35. The maximum Gasteiger partial charge on any atom is 0.157 e. The molecule has 2 aromatic rings. The fourth-order valence-corrected chi connectivity index (χ4v) is 1.74. The van der Waals surface area contributed by atoms with Gasteiger partial charge in [0, 0.05) is 24.5 Å². The molecule has 0 saturated carbocycles. The second-order valence-electron chi connectivity index (χ2n) is 3.37. The number of hydrogen-bond acceptors (Lipinski definition) is 3. The third-order valence-corrected chi connectivity index (χ3v) is 2.61. The number of nitrogens with one attached hydrogen (secondary N) is 1. The van der Waals surface area contributed by atoms with E-state index in [1.54, 1.807) is 17.1 Å². The van der Waals surface area contributed by atoms with Crippen LogP contribution in [0.1, 0.15) is 12.5 Å². The van der Waals surface area contributed by atoms with Crippen molar-refractivity contribution in [1.82, 2.24) is 20.1 Å². The SMILES string of the molecule is CCNCc1cccnc1-n1cc(Br)cn1. The minimum Gasteiger partial charge on any atom is -0.313 e. The Labute approximate surface area is 103 Å². The fourth-order valence-electron chi connectivity index (χ4n) is 1.45. The molecule has 0 bridgehead atoms. The molecule has 1 N–H and O–H groups in total. The summed E-state index contributed by atoms with van der Waals surface area (Å²) in [5.41, 5.74) is 1.14. The number of nitrogens with zero attached hydrogens (tertiary/aromatic N) is 3. The van der Waals surface area contributed by atoms with Crippen LogP contribution >= 0.6 is 15.9 Å². The van der Waals surface area contributed by atoms with Crippen LogP contribution in [0.5, 0.6) is 0 Å². The molecule has 0 amide bonds. The van der Waals surface area contributed by atoms with Crippen LogP contribution in [0, 0.1) is 0 Å². The summed E-state index contributed by atoms with van der Waals surface area (Å²) in [5.74, 6) is 0.870. The molecule has 0 fully saturated rings. The van der Waals surface area contributed by atoms with Crippen LogP contribution in [0.2, 0.25) is 0 Å². The van der Waals surface area contributed by atoms with E-state index >= 15 is 0 Å². The molecule has 0 aliphatic heterocycles. The van der Waals surface area contributed by atoms with Gasteiger partial charge >= 0.3 is 0 Å². The Balaban J connectivity index is 2.32. The lowest BCUT2D eigenvalue weighted by Crippen LogP contribution is -2.14. The zero-order valence-electron chi connectivity index (χ0n) is 9.02. The van der Waals surface area contributed by atoms with Crippen molar-refractivity contribution in [3.05, 3.63) is 40.8 Å². The number of rotatable bonds is 4. The topological polar surface area (TPSA) is 42.7 Å². The molecule has 5 heteroatoms. The van der Waals surface area contributed by atoms with Gasteiger partial charge in [-0.2, -0.15) is 5.10 Å². The van der Waals surface area contributed by atoms with E-state index in [2.05, 4.69) is 44.3 Å². The monoisotopic (exact) mass is 280 g/mol. The highest BCUT2D eigenvalue weighted by Gasteiger charge is 2.06. The van der Waals surface area contributed by atoms with Gasteiger partial charge in [0.05, 0.1) is 10.7 Å². The first-order valence-corrected chi connectivity index (χ1v) is 5.95. The third kappa shape index (κ3) is 2.48. The number of hydrogen-bond donors (Lipinski definition) is 1. The van der Waals surface area contributed by atoms with Gasteiger partial charge in [-0.15, -0.1) is 0 Å². The van der Waals surface area contributed by atoms with E-state index in [0.717, 1.165) is 28.9 Å². The average molecular weight is 281 g/mol. The molecule has 2 heterocycles. The summed E-state index contributed by atoms with van der Waals surface area (Å²) in [6, 6.07) is 4.00. The maximum atomic E-state index is 4.35. The van der Waals surface area contributed by atoms with Gasteiger partial charge in [-0.05, 0) is 28.5 Å². The van der Waals surface area contributed by atoms with Crippen molar-refractivity contribution in [2.75, 3.05) is 6.54 Å². The van der Waals surface area contributed by atoms with Gasteiger partial charge in [0.25, 0.3) is 0 Å². The van der Waals surface area contributed by atoms with Crippen LogP contribution in [-0.2, 0) is 6.54 Å². The Morgan fingerprint density at radius 3 is 3.06 bits per heavy atom. The van der Waals surface area contributed by atoms with Crippen molar-refractivity contribution in [3.63, 3.8) is 0 Å². The smallest absolute Gasteiger partial charge is 0.157 e. The fraction of sp³-hybridized carbons (Fsp3) is 0.273. The van der Waals surface area contributed by atoms with Crippen molar-refractivity contribution >= 4 is 15.9 Å². The summed E-state index contributed by atoms with van der Waals surface area (Å²) in [6.45, 7) is 3.83. The molecule has 2 rings (SSSR count). The Hall–Kier alpha value is -1.20. The van der Waals surface area contributed by atoms with Gasteiger partial charge < -0.3 is 5.32 Å². The molecule has 0 aromatic carbocycles. The van der Waals surface area contributed by atoms with E-state index in [-0.39, 0.29) is 0 Å². The highest BCUT2D eigenvalue weighted by molar-refractivity contribution is 9.10. The lowest BCUT2D eigenvalue weighted by atomic mass is 10.2. The van der Waals surface area contributed by atoms with Crippen LogP contribution in [0.3, 0.4) is 0 Å². The highest BCUT2D eigenvalue weighted by atomic mass is 79.9. The van der Waals surface area contributed by atoms with Gasteiger partial charge in [-0.3, -0.25) is 0 Å². The summed E-state index contributed by atoms with van der Waals surface area (Å²) < 4.78 is 2.73. The number of pyridine rings is 1. The van der Waals surface area contributed by atoms with Crippen LogP contribution in [-0.4, -0.2) is 21.3 Å². The molecule has 4 nitrogen and oxygen atoms in total. The van der Waals surface area contributed by atoms with E-state index < -0.39 is 0 Å². The summed E-state index contributed by atoms with van der Waals surface area (Å²) in [5, 5.41) is 7.52. The first kappa shape index (κ1) is 11.3. The summed E-state index contributed by atoms with van der Waals surface area (Å²) in [6.07, 6.45) is 5.43. The Morgan fingerprint density at radius 1 is 1.50 bits per heavy atom. The third-order valence-electron chi connectivity index (χ3n) is 2.20. The second-order valence-corrected chi connectivity index (χ2v) is 4.29. The molecule has 0 saturated heterocycles. The van der Waals surface area contributed by atoms with E-state index in [4.69, 9.17) is 0 Å². The van der Waals surface area contributed by atoms with Crippen LogP contribution in [0.4, 0.5) is 0 Å². The van der Waals surface area contributed by atoms with E-state index in [1.165, 1.54) is 0 Å². The predicted octanol–water partition coefficient (Wildman–Crippen LogP) is 2.14. The van der Waals surface area contributed by atoms with E-state index in [1.807, 2.05) is 12.3 Å². The molecular formula is C11H13BrN4.